The summed E-state index contributed by atoms with van der Waals surface area (Å²) in [6.45, 7) is 3.97. The smallest absolute Gasteiger partial charge is 0.239 e. The lowest BCUT2D eigenvalue weighted by Gasteiger charge is -2.15. The molecule has 4 N–H and O–H groups in total. The van der Waals surface area contributed by atoms with Crippen LogP contribution in [0.15, 0.2) is 36.9 Å². The van der Waals surface area contributed by atoms with Crippen LogP contribution in [0.1, 0.15) is 19.4 Å². The molecule has 0 aliphatic heterocycles. The van der Waals surface area contributed by atoms with Gasteiger partial charge in [0, 0.05) is 6.54 Å². The van der Waals surface area contributed by atoms with E-state index in [1.54, 1.807) is 11.0 Å². The van der Waals surface area contributed by atoms with Gasteiger partial charge in [-0.05, 0) is 23.6 Å². The van der Waals surface area contributed by atoms with Gasteiger partial charge in [-0.25, -0.2) is 9.67 Å². The van der Waals surface area contributed by atoms with Crippen LogP contribution in [-0.4, -0.2) is 39.2 Å². The molecule has 1 heterocycles. The van der Waals surface area contributed by atoms with E-state index in [1.165, 1.54) is 6.33 Å². The van der Waals surface area contributed by atoms with E-state index in [1.807, 2.05) is 38.1 Å². The third kappa shape index (κ3) is 6.17. The minimum atomic E-state index is -0.614. The average molecular weight is 367 g/mol. The Morgan fingerprint density at radius 2 is 2.04 bits per heavy atom. The monoisotopic (exact) mass is 366 g/mol. The molecule has 0 saturated heterocycles. The SMILES string of the molecule is CC(C)[C@H](N)C(=O)NCC(=O)NCc1cccc(-n2cncn2)c1.Cl. The summed E-state index contributed by atoms with van der Waals surface area (Å²) in [5.74, 6) is -0.577. The van der Waals surface area contributed by atoms with Gasteiger partial charge < -0.3 is 16.4 Å². The average Bonchev–Trinajstić information content (AvgIpc) is 3.12. The molecule has 0 fully saturated rings. The Morgan fingerprint density at radius 1 is 1.28 bits per heavy atom. The highest BCUT2D eigenvalue weighted by molar-refractivity contribution is 5.87. The van der Waals surface area contributed by atoms with Gasteiger partial charge in [0.2, 0.25) is 11.8 Å². The molecule has 1 atom stereocenters. The number of benzene rings is 1. The summed E-state index contributed by atoms with van der Waals surface area (Å²) in [6.07, 6.45) is 3.06. The third-order valence-corrected chi connectivity index (χ3v) is 3.53. The van der Waals surface area contributed by atoms with Crippen molar-refractivity contribution in [3.63, 3.8) is 0 Å². The molecular weight excluding hydrogens is 344 g/mol. The number of halogens is 1. The lowest BCUT2D eigenvalue weighted by atomic mass is 10.1. The maximum Gasteiger partial charge on any atom is 0.239 e. The molecule has 1 aromatic heterocycles. The number of carbonyl (C=O) groups excluding carboxylic acids is 2. The van der Waals surface area contributed by atoms with Gasteiger partial charge in [0.15, 0.2) is 0 Å². The first-order valence-corrected chi connectivity index (χ1v) is 7.71. The van der Waals surface area contributed by atoms with E-state index >= 15 is 0 Å². The number of hydrogen-bond acceptors (Lipinski definition) is 5. The summed E-state index contributed by atoms with van der Waals surface area (Å²) < 4.78 is 1.64. The minimum Gasteiger partial charge on any atom is -0.350 e. The molecule has 0 bridgehead atoms. The minimum absolute atomic E-state index is 0. The summed E-state index contributed by atoms with van der Waals surface area (Å²) in [6, 6.07) is 6.96. The largest absolute Gasteiger partial charge is 0.350 e. The zero-order valence-corrected chi connectivity index (χ0v) is 15.0. The molecular formula is C16H23ClN6O2. The standard InChI is InChI=1S/C16H22N6O2.ClH/c1-11(2)15(17)16(24)20-8-14(23)19-7-12-4-3-5-13(6-12)22-10-18-9-21-22;/h3-6,9-11,15H,7-8,17H2,1-2H3,(H,19,23)(H,20,24);1H/t15-;/m0./s1. The van der Waals surface area contributed by atoms with Gasteiger partial charge >= 0.3 is 0 Å². The second-order valence-electron chi connectivity index (χ2n) is 5.77. The van der Waals surface area contributed by atoms with Crippen molar-refractivity contribution in [3.05, 3.63) is 42.5 Å². The van der Waals surface area contributed by atoms with E-state index in [9.17, 15) is 9.59 Å². The van der Waals surface area contributed by atoms with E-state index in [-0.39, 0.29) is 36.7 Å². The van der Waals surface area contributed by atoms with Crippen molar-refractivity contribution in [2.75, 3.05) is 6.54 Å². The van der Waals surface area contributed by atoms with Crippen molar-refractivity contribution in [2.45, 2.75) is 26.4 Å². The van der Waals surface area contributed by atoms with Crippen molar-refractivity contribution < 1.29 is 9.59 Å². The fraction of sp³-hybridized carbons (Fsp3) is 0.375. The molecule has 2 rings (SSSR count). The lowest BCUT2D eigenvalue weighted by Crippen LogP contribution is -2.47. The Kier molecular flexibility index (Phi) is 8.03. The molecule has 0 unspecified atom stereocenters. The summed E-state index contributed by atoms with van der Waals surface area (Å²) in [7, 11) is 0. The van der Waals surface area contributed by atoms with Crippen molar-refractivity contribution in [1.29, 1.82) is 0 Å². The first-order valence-electron chi connectivity index (χ1n) is 7.71. The van der Waals surface area contributed by atoms with Crippen molar-refractivity contribution in [1.82, 2.24) is 25.4 Å². The lowest BCUT2D eigenvalue weighted by molar-refractivity contribution is -0.127. The highest BCUT2D eigenvalue weighted by atomic mass is 35.5. The molecule has 0 radical (unpaired) electrons. The van der Waals surface area contributed by atoms with Gasteiger partial charge in [-0.15, -0.1) is 12.4 Å². The molecule has 136 valence electrons. The number of aromatic nitrogens is 3. The first kappa shape index (κ1) is 20.6. The van der Waals surface area contributed by atoms with Crippen LogP contribution in [0.2, 0.25) is 0 Å². The van der Waals surface area contributed by atoms with Crippen LogP contribution in [0.25, 0.3) is 5.69 Å². The third-order valence-electron chi connectivity index (χ3n) is 3.53. The van der Waals surface area contributed by atoms with Crippen LogP contribution in [0, 0.1) is 5.92 Å². The summed E-state index contributed by atoms with van der Waals surface area (Å²) in [4.78, 5) is 27.4. The van der Waals surface area contributed by atoms with Crippen LogP contribution in [-0.2, 0) is 16.1 Å². The highest BCUT2D eigenvalue weighted by Crippen LogP contribution is 2.08. The molecule has 8 nitrogen and oxygen atoms in total. The number of amides is 2. The van der Waals surface area contributed by atoms with Crippen LogP contribution >= 0.6 is 12.4 Å². The number of hydrogen-bond donors (Lipinski definition) is 3. The molecule has 1 aromatic carbocycles. The number of carbonyl (C=O) groups is 2. The molecule has 0 aliphatic rings. The van der Waals surface area contributed by atoms with Gasteiger partial charge in [-0.2, -0.15) is 5.10 Å². The fourth-order valence-electron chi connectivity index (χ4n) is 2.00. The summed E-state index contributed by atoms with van der Waals surface area (Å²) >= 11 is 0. The predicted molar refractivity (Wildman–Crippen MR) is 96.3 cm³/mol. The van der Waals surface area contributed by atoms with E-state index in [0.717, 1.165) is 11.3 Å². The molecule has 9 heteroatoms. The summed E-state index contributed by atoms with van der Waals surface area (Å²) in [5, 5.41) is 9.35. The van der Waals surface area contributed by atoms with Gasteiger partial charge in [-0.1, -0.05) is 26.0 Å². The molecule has 2 amide bonds. The van der Waals surface area contributed by atoms with Gasteiger partial charge in [-0.3, -0.25) is 9.59 Å². The summed E-state index contributed by atoms with van der Waals surface area (Å²) in [5.41, 5.74) is 7.49. The van der Waals surface area contributed by atoms with E-state index in [0.29, 0.717) is 6.54 Å². The van der Waals surface area contributed by atoms with Crippen molar-refractivity contribution in [3.8, 4) is 5.69 Å². The Bertz CT molecular complexity index is 690. The second kappa shape index (κ2) is 9.75. The van der Waals surface area contributed by atoms with Crippen LogP contribution in [0.3, 0.4) is 0 Å². The molecule has 0 saturated carbocycles. The zero-order valence-electron chi connectivity index (χ0n) is 14.2. The maximum atomic E-state index is 11.8. The number of nitrogens with zero attached hydrogens (tertiary/aromatic N) is 3. The van der Waals surface area contributed by atoms with Gasteiger partial charge in [0.1, 0.15) is 12.7 Å². The number of nitrogens with one attached hydrogen (secondary N) is 2. The molecule has 2 aromatic rings. The predicted octanol–water partition coefficient (Wildman–Crippen LogP) is 0.405. The normalized spacial score (nSPS) is 11.5. The van der Waals surface area contributed by atoms with Gasteiger partial charge in [0.05, 0.1) is 18.3 Å². The molecule has 25 heavy (non-hydrogen) atoms. The zero-order chi connectivity index (χ0) is 17.5. The van der Waals surface area contributed by atoms with Crippen molar-refractivity contribution in [2.24, 2.45) is 11.7 Å². The number of rotatable bonds is 7. The van der Waals surface area contributed by atoms with Crippen LogP contribution in [0.4, 0.5) is 0 Å². The Hall–Kier alpha value is -2.45. The molecule has 0 aliphatic carbocycles. The topological polar surface area (TPSA) is 115 Å². The Morgan fingerprint density at radius 3 is 2.68 bits per heavy atom. The second-order valence-corrected chi connectivity index (χ2v) is 5.77. The first-order chi connectivity index (χ1) is 11.5. The Balaban J connectivity index is 0.00000312. The van der Waals surface area contributed by atoms with Gasteiger partial charge in [0.25, 0.3) is 0 Å². The molecule has 0 spiro atoms. The fourth-order valence-corrected chi connectivity index (χ4v) is 2.00. The Labute approximate surface area is 152 Å². The van der Waals surface area contributed by atoms with Crippen LogP contribution < -0.4 is 16.4 Å². The van der Waals surface area contributed by atoms with E-state index in [4.69, 9.17) is 5.73 Å². The highest BCUT2D eigenvalue weighted by Gasteiger charge is 2.17. The number of nitrogens with two attached hydrogens (primary N) is 1. The van der Waals surface area contributed by atoms with E-state index < -0.39 is 6.04 Å². The van der Waals surface area contributed by atoms with E-state index in [2.05, 4.69) is 20.7 Å². The maximum absolute atomic E-state index is 11.8. The van der Waals surface area contributed by atoms with Crippen LogP contribution in [0.5, 0.6) is 0 Å². The quantitative estimate of drug-likeness (QED) is 0.656. The van der Waals surface area contributed by atoms with Crippen molar-refractivity contribution >= 4 is 24.2 Å².